The number of aromatic nitrogens is 1. The van der Waals surface area contributed by atoms with Crippen LogP contribution in [0.25, 0.3) is 0 Å². The van der Waals surface area contributed by atoms with E-state index in [0.29, 0.717) is 22.9 Å². The molecular weight excluding hydrogens is 369 g/mol. The van der Waals surface area contributed by atoms with Crippen LogP contribution in [-0.2, 0) is 17.9 Å². The topological polar surface area (TPSA) is 86.4 Å². The Bertz CT molecular complexity index is 807. The lowest BCUT2D eigenvalue weighted by molar-refractivity contribution is -0.132. The number of carbonyl (C=O) groups is 2. The molecule has 7 nitrogen and oxygen atoms in total. The van der Waals surface area contributed by atoms with Gasteiger partial charge in [-0.25, -0.2) is 14.2 Å². The van der Waals surface area contributed by atoms with E-state index in [-0.39, 0.29) is 24.3 Å². The summed E-state index contributed by atoms with van der Waals surface area (Å²) >= 11 is 1.29. The van der Waals surface area contributed by atoms with Crippen LogP contribution < -0.4 is 16.0 Å². The van der Waals surface area contributed by atoms with Crippen LogP contribution in [-0.4, -0.2) is 41.5 Å². The summed E-state index contributed by atoms with van der Waals surface area (Å²) in [5.41, 5.74) is 1.39. The molecule has 0 bridgehead atoms. The standard InChI is InChI=1S/C18H22FN5O2S/c1-24(16(25)15-6-3-7-20-15)10-14-11-27-18(22-14)23-17(26)21-9-12-4-2-5-13(19)8-12/h2,4-5,8,11,15,20H,3,6-7,9-10H2,1H3,(H2,21,22,23,26)/t15-/m0/s1. The second kappa shape index (κ2) is 8.92. The zero-order valence-corrected chi connectivity index (χ0v) is 15.8. The number of rotatable bonds is 6. The highest BCUT2D eigenvalue weighted by molar-refractivity contribution is 7.13. The van der Waals surface area contributed by atoms with Crippen molar-refractivity contribution in [2.45, 2.75) is 32.0 Å². The summed E-state index contributed by atoms with van der Waals surface area (Å²) in [5, 5.41) is 10.8. The predicted molar refractivity (Wildman–Crippen MR) is 102 cm³/mol. The molecular formula is C18H22FN5O2S. The number of likely N-dealkylation sites (N-methyl/N-ethyl adjacent to an activating group) is 1. The average Bonchev–Trinajstić information content (AvgIpc) is 3.31. The van der Waals surface area contributed by atoms with Gasteiger partial charge in [-0.15, -0.1) is 11.3 Å². The molecule has 1 atom stereocenters. The molecule has 1 aliphatic rings. The molecule has 1 aromatic heterocycles. The first kappa shape index (κ1) is 19.2. The van der Waals surface area contributed by atoms with Crippen LogP contribution in [0, 0.1) is 5.82 Å². The molecule has 1 aliphatic heterocycles. The normalized spacial score (nSPS) is 16.1. The van der Waals surface area contributed by atoms with Gasteiger partial charge in [-0.2, -0.15) is 0 Å². The lowest BCUT2D eigenvalue weighted by Gasteiger charge is -2.20. The van der Waals surface area contributed by atoms with E-state index in [0.717, 1.165) is 19.4 Å². The number of amides is 3. The van der Waals surface area contributed by atoms with Gasteiger partial charge in [-0.05, 0) is 37.1 Å². The van der Waals surface area contributed by atoms with E-state index >= 15 is 0 Å². The van der Waals surface area contributed by atoms with E-state index in [1.807, 2.05) is 5.38 Å². The number of hydrogen-bond donors (Lipinski definition) is 3. The Morgan fingerprint density at radius 1 is 1.44 bits per heavy atom. The number of thiazole rings is 1. The molecule has 1 aromatic carbocycles. The fourth-order valence-electron chi connectivity index (χ4n) is 2.89. The monoisotopic (exact) mass is 391 g/mol. The summed E-state index contributed by atoms with van der Waals surface area (Å²) < 4.78 is 13.1. The fraction of sp³-hybridized carbons (Fsp3) is 0.389. The Balaban J connectivity index is 1.47. The van der Waals surface area contributed by atoms with Crippen LogP contribution in [0.15, 0.2) is 29.6 Å². The van der Waals surface area contributed by atoms with Gasteiger partial charge in [0.15, 0.2) is 5.13 Å². The van der Waals surface area contributed by atoms with Crippen molar-refractivity contribution in [3.05, 3.63) is 46.7 Å². The van der Waals surface area contributed by atoms with Gasteiger partial charge in [0.25, 0.3) is 0 Å². The van der Waals surface area contributed by atoms with Crippen LogP contribution in [0.1, 0.15) is 24.1 Å². The highest BCUT2D eigenvalue weighted by Crippen LogP contribution is 2.17. The lowest BCUT2D eigenvalue weighted by Crippen LogP contribution is -2.41. The number of urea groups is 1. The number of benzene rings is 1. The van der Waals surface area contributed by atoms with E-state index in [1.54, 1.807) is 24.1 Å². The second-order valence-electron chi connectivity index (χ2n) is 6.42. The fourth-order valence-corrected chi connectivity index (χ4v) is 3.59. The molecule has 3 amide bonds. The van der Waals surface area contributed by atoms with Crippen molar-refractivity contribution in [2.75, 3.05) is 18.9 Å². The van der Waals surface area contributed by atoms with Crippen molar-refractivity contribution in [3.63, 3.8) is 0 Å². The van der Waals surface area contributed by atoms with Crippen LogP contribution in [0.2, 0.25) is 0 Å². The summed E-state index contributed by atoms with van der Waals surface area (Å²) in [6, 6.07) is 5.52. The number of hydrogen-bond acceptors (Lipinski definition) is 5. The van der Waals surface area contributed by atoms with Gasteiger partial charge < -0.3 is 15.5 Å². The second-order valence-corrected chi connectivity index (χ2v) is 7.28. The summed E-state index contributed by atoms with van der Waals surface area (Å²) in [6.45, 7) is 1.48. The molecule has 3 N–H and O–H groups in total. The van der Waals surface area contributed by atoms with E-state index in [4.69, 9.17) is 0 Å². The Labute approximate surface area is 161 Å². The third-order valence-electron chi connectivity index (χ3n) is 4.25. The minimum absolute atomic E-state index is 0.0582. The average molecular weight is 391 g/mol. The third-order valence-corrected chi connectivity index (χ3v) is 5.05. The first-order chi connectivity index (χ1) is 13.0. The van der Waals surface area contributed by atoms with Crippen molar-refractivity contribution in [3.8, 4) is 0 Å². The molecule has 0 spiro atoms. The van der Waals surface area contributed by atoms with Crippen LogP contribution in [0.4, 0.5) is 14.3 Å². The van der Waals surface area contributed by atoms with Gasteiger partial charge in [0.1, 0.15) is 5.82 Å². The predicted octanol–water partition coefficient (Wildman–Crippen LogP) is 2.31. The number of nitrogens with one attached hydrogen (secondary N) is 3. The quantitative estimate of drug-likeness (QED) is 0.705. The maximum Gasteiger partial charge on any atom is 0.321 e. The highest BCUT2D eigenvalue weighted by Gasteiger charge is 2.25. The van der Waals surface area contributed by atoms with Crippen LogP contribution >= 0.6 is 11.3 Å². The first-order valence-electron chi connectivity index (χ1n) is 8.73. The number of nitrogens with zero attached hydrogens (tertiary/aromatic N) is 2. The SMILES string of the molecule is CN(Cc1csc(NC(=O)NCc2cccc(F)c2)n1)C(=O)[C@@H]1CCCN1. The highest BCUT2D eigenvalue weighted by atomic mass is 32.1. The molecule has 27 heavy (non-hydrogen) atoms. The first-order valence-corrected chi connectivity index (χ1v) is 9.61. The molecule has 0 saturated carbocycles. The van der Waals surface area contributed by atoms with E-state index < -0.39 is 6.03 Å². The molecule has 0 radical (unpaired) electrons. The van der Waals surface area contributed by atoms with Gasteiger partial charge in [-0.3, -0.25) is 10.1 Å². The van der Waals surface area contributed by atoms with E-state index in [9.17, 15) is 14.0 Å². The Kier molecular flexibility index (Phi) is 6.36. The van der Waals surface area contributed by atoms with Gasteiger partial charge >= 0.3 is 6.03 Å². The van der Waals surface area contributed by atoms with Crippen molar-refractivity contribution in [1.82, 2.24) is 20.5 Å². The van der Waals surface area contributed by atoms with Crippen molar-refractivity contribution in [2.24, 2.45) is 0 Å². The molecule has 1 fully saturated rings. The summed E-state index contributed by atoms with van der Waals surface area (Å²) in [4.78, 5) is 30.3. The summed E-state index contributed by atoms with van der Waals surface area (Å²) in [7, 11) is 1.75. The summed E-state index contributed by atoms with van der Waals surface area (Å²) in [6.07, 6.45) is 1.87. The largest absolute Gasteiger partial charge is 0.338 e. The van der Waals surface area contributed by atoms with Crippen LogP contribution in [0.5, 0.6) is 0 Å². The zero-order valence-electron chi connectivity index (χ0n) is 15.0. The van der Waals surface area contributed by atoms with Gasteiger partial charge in [0.2, 0.25) is 5.91 Å². The summed E-state index contributed by atoms with van der Waals surface area (Å²) in [5.74, 6) is -0.284. The van der Waals surface area contributed by atoms with Crippen molar-refractivity contribution >= 4 is 28.4 Å². The zero-order chi connectivity index (χ0) is 19.2. The number of carbonyl (C=O) groups excluding carboxylic acids is 2. The van der Waals surface area contributed by atoms with Crippen molar-refractivity contribution in [1.29, 1.82) is 0 Å². The minimum atomic E-state index is -0.417. The van der Waals surface area contributed by atoms with Crippen LogP contribution in [0.3, 0.4) is 0 Å². The Morgan fingerprint density at radius 2 is 2.30 bits per heavy atom. The molecule has 2 heterocycles. The molecule has 9 heteroatoms. The molecule has 2 aromatic rings. The van der Waals surface area contributed by atoms with Gasteiger partial charge in [-0.1, -0.05) is 12.1 Å². The minimum Gasteiger partial charge on any atom is -0.338 e. The molecule has 0 aliphatic carbocycles. The smallest absolute Gasteiger partial charge is 0.321 e. The molecule has 0 unspecified atom stereocenters. The molecule has 144 valence electrons. The lowest BCUT2D eigenvalue weighted by atomic mass is 10.2. The number of anilines is 1. The Hall–Kier alpha value is -2.52. The molecule has 3 rings (SSSR count). The maximum absolute atomic E-state index is 13.1. The Morgan fingerprint density at radius 3 is 3.04 bits per heavy atom. The van der Waals surface area contributed by atoms with Crippen molar-refractivity contribution < 1.29 is 14.0 Å². The van der Waals surface area contributed by atoms with Gasteiger partial charge in [0.05, 0.1) is 18.3 Å². The van der Waals surface area contributed by atoms with E-state index in [1.165, 1.54) is 23.5 Å². The van der Waals surface area contributed by atoms with E-state index in [2.05, 4.69) is 20.9 Å². The number of halogens is 1. The maximum atomic E-state index is 13.1. The molecule has 1 saturated heterocycles. The third kappa shape index (κ3) is 5.48. The van der Waals surface area contributed by atoms with Gasteiger partial charge in [0, 0.05) is 19.0 Å².